The predicted molar refractivity (Wildman–Crippen MR) is 51.3 cm³/mol. The van der Waals surface area contributed by atoms with Crippen LogP contribution in [0.1, 0.15) is 36.3 Å². The highest BCUT2D eigenvalue weighted by atomic mass is 16.5. The summed E-state index contributed by atoms with van der Waals surface area (Å²) in [5, 5.41) is 4.20. The molecule has 0 saturated carbocycles. The lowest BCUT2D eigenvalue weighted by Gasteiger charge is -2.23. The number of hydrogen-bond acceptors (Lipinski definition) is 3. The van der Waals surface area contributed by atoms with E-state index in [0.29, 0.717) is 11.7 Å². The lowest BCUT2D eigenvalue weighted by molar-refractivity contribution is 0.0646. The SMILES string of the molecule is CC(=O)c1ccnn1C1CCOCC1. The summed E-state index contributed by atoms with van der Waals surface area (Å²) in [6.45, 7) is 3.11. The fourth-order valence-corrected chi connectivity index (χ4v) is 1.81. The molecule has 1 saturated heterocycles. The summed E-state index contributed by atoms with van der Waals surface area (Å²) >= 11 is 0. The van der Waals surface area contributed by atoms with E-state index in [4.69, 9.17) is 4.74 Å². The van der Waals surface area contributed by atoms with E-state index >= 15 is 0 Å². The van der Waals surface area contributed by atoms with Crippen molar-refractivity contribution in [3.63, 3.8) is 0 Å². The molecule has 0 bridgehead atoms. The third-order valence-corrected chi connectivity index (χ3v) is 2.57. The number of hydrogen-bond donors (Lipinski definition) is 0. The molecule has 4 nitrogen and oxygen atoms in total. The van der Waals surface area contributed by atoms with Gasteiger partial charge in [0.1, 0.15) is 5.69 Å². The zero-order chi connectivity index (χ0) is 9.97. The van der Waals surface area contributed by atoms with Gasteiger partial charge in [-0.3, -0.25) is 9.48 Å². The molecule has 4 heteroatoms. The van der Waals surface area contributed by atoms with Crippen molar-refractivity contribution in [2.75, 3.05) is 13.2 Å². The van der Waals surface area contributed by atoms with Gasteiger partial charge in [0.2, 0.25) is 0 Å². The van der Waals surface area contributed by atoms with Crippen LogP contribution in [-0.2, 0) is 4.74 Å². The van der Waals surface area contributed by atoms with Crippen LogP contribution in [0, 0.1) is 0 Å². The average Bonchev–Trinajstić information content (AvgIpc) is 2.67. The van der Waals surface area contributed by atoms with Crippen LogP contribution < -0.4 is 0 Å². The van der Waals surface area contributed by atoms with Gasteiger partial charge >= 0.3 is 0 Å². The van der Waals surface area contributed by atoms with E-state index < -0.39 is 0 Å². The van der Waals surface area contributed by atoms with Crippen LogP contribution in [0.4, 0.5) is 0 Å². The standard InChI is InChI=1S/C10H14N2O2/c1-8(13)10-2-5-11-12(10)9-3-6-14-7-4-9/h2,5,9H,3-4,6-7H2,1H3. The first-order valence-corrected chi connectivity index (χ1v) is 4.91. The molecule has 1 aromatic heterocycles. The van der Waals surface area contributed by atoms with Gasteiger partial charge in [-0.1, -0.05) is 0 Å². The monoisotopic (exact) mass is 194 g/mol. The Hall–Kier alpha value is -1.16. The highest BCUT2D eigenvalue weighted by molar-refractivity contribution is 5.92. The summed E-state index contributed by atoms with van der Waals surface area (Å²) in [5.41, 5.74) is 0.705. The molecule has 2 heterocycles. The van der Waals surface area contributed by atoms with Crippen LogP contribution >= 0.6 is 0 Å². The maximum absolute atomic E-state index is 11.3. The normalized spacial score (nSPS) is 18.4. The number of nitrogens with zero attached hydrogens (tertiary/aromatic N) is 2. The van der Waals surface area contributed by atoms with Gasteiger partial charge < -0.3 is 4.74 Å². The van der Waals surface area contributed by atoms with Crippen molar-refractivity contribution in [1.29, 1.82) is 0 Å². The number of ketones is 1. The average molecular weight is 194 g/mol. The van der Waals surface area contributed by atoms with Crippen LogP contribution in [0.3, 0.4) is 0 Å². The first kappa shape index (κ1) is 9.40. The second kappa shape index (κ2) is 3.92. The Balaban J connectivity index is 2.21. The van der Waals surface area contributed by atoms with Gasteiger partial charge in [-0.25, -0.2) is 0 Å². The zero-order valence-electron chi connectivity index (χ0n) is 8.27. The van der Waals surface area contributed by atoms with Crippen molar-refractivity contribution < 1.29 is 9.53 Å². The fourth-order valence-electron chi connectivity index (χ4n) is 1.81. The number of ether oxygens (including phenoxy) is 1. The lowest BCUT2D eigenvalue weighted by atomic mass is 10.1. The largest absolute Gasteiger partial charge is 0.381 e. The second-order valence-corrected chi connectivity index (χ2v) is 3.56. The molecule has 0 N–H and O–H groups in total. The second-order valence-electron chi connectivity index (χ2n) is 3.56. The van der Waals surface area contributed by atoms with Crippen LogP contribution in [0.15, 0.2) is 12.3 Å². The van der Waals surface area contributed by atoms with E-state index in [1.807, 2.05) is 4.68 Å². The minimum atomic E-state index is 0.0778. The Labute approximate surface area is 82.9 Å². The number of rotatable bonds is 2. The topological polar surface area (TPSA) is 44.1 Å². The first-order chi connectivity index (χ1) is 6.79. The molecule has 0 unspecified atom stereocenters. The predicted octanol–water partition coefficient (Wildman–Crippen LogP) is 1.44. The molecule has 0 radical (unpaired) electrons. The zero-order valence-corrected chi connectivity index (χ0v) is 8.27. The van der Waals surface area contributed by atoms with Gasteiger partial charge in [-0.15, -0.1) is 0 Å². The maximum Gasteiger partial charge on any atom is 0.177 e. The highest BCUT2D eigenvalue weighted by Crippen LogP contribution is 2.21. The Morgan fingerprint density at radius 2 is 2.29 bits per heavy atom. The van der Waals surface area contributed by atoms with Gasteiger partial charge in [-0.05, 0) is 18.9 Å². The van der Waals surface area contributed by atoms with E-state index in [1.54, 1.807) is 19.2 Å². The fraction of sp³-hybridized carbons (Fsp3) is 0.600. The summed E-state index contributed by atoms with van der Waals surface area (Å²) in [5.74, 6) is 0.0778. The van der Waals surface area contributed by atoms with Crippen molar-refractivity contribution in [2.45, 2.75) is 25.8 Å². The van der Waals surface area contributed by atoms with Gasteiger partial charge in [0, 0.05) is 26.3 Å². The molecule has 0 atom stereocenters. The summed E-state index contributed by atoms with van der Waals surface area (Å²) in [4.78, 5) is 11.3. The first-order valence-electron chi connectivity index (χ1n) is 4.91. The molecule has 14 heavy (non-hydrogen) atoms. The van der Waals surface area contributed by atoms with E-state index in [9.17, 15) is 4.79 Å². The molecule has 0 spiro atoms. The number of carbonyl (C=O) groups excluding carboxylic acids is 1. The van der Waals surface area contributed by atoms with Crippen LogP contribution in [0.25, 0.3) is 0 Å². The molecule has 0 aliphatic carbocycles. The van der Waals surface area contributed by atoms with E-state index in [2.05, 4.69) is 5.10 Å². The van der Waals surface area contributed by atoms with Crippen LogP contribution in [0.2, 0.25) is 0 Å². The molecule has 2 rings (SSSR count). The van der Waals surface area contributed by atoms with Crippen molar-refractivity contribution in [3.8, 4) is 0 Å². The molecule has 1 fully saturated rings. The molecule has 1 aliphatic rings. The Bertz CT molecular complexity index is 327. The summed E-state index contributed by atoms with van der Waals surface area (Å²) in [6, 6.07) is 2.11. The van der Waals surface area contributed by atoms with Crippen molar-refractivity contribution >= 4 is 5.78 Å². The Morgan fingerprint density at radius 3 is 2.93 bits per heavy atom. The molecule has 1 aliphatic heterocycles. The number of Topliss-reactive ketones (excluding diaryl/α,β-unsaturated/α-hetero) is 1. The van der Waals surface area contributed by atoms with Crippen LogP contribution in [-0.4, -0.2) is 28.8 Å². The molecule has 0 amide bonds. The quantitative estimate of drug-likeness (QED) is 0.669. The highest BCUT2D eigenvalue weighted by Gasteiger charge is 2.19. The summed E-state index contributed by atoms with van der Waals surface area (Å²) < 4.78 is 7.11. The summed E-state index contributed by atoms with van der Waals surface area (Å²) in [6.07, 6.45) is 3.58. The van der Waals surface area contributed by atoms with Gasteiger partial charge in [0.05, 0.1) is 6.04 Å². The Morgan fingerprint density at radius 1 is 1.57 bits per heavy atom. The van der Waals surface area contributed by atoms with Crippen molar-refractivity contribution in [1.82, 2.24) is 9.78 Å². The Kier molecular flexibility index (Phi) is 2.63. The van der Waals surface area contributed by atoms with E-state index in [0.717, 1.165) is 26.1 Å². The molecule has 76 valence electrons. The molecule has 1 aromatic rings. The summed E-state index contributed by atoms with van der Waals surface area (Å²) in [7, 11) is 0. The minimum absolute atomic E-state index is 0.0778. The third-order valence-electron chi connectivity index (χ3n) is 2.57. The van der Waals surface area contributed by atoms with E-state index in [1.165, 1.54) is 0 Å². The number of aromatic nitrogens is 2. The van der Waals surface area contributed by atoms with E-state index in [-0.39, 0.29) is 5.78 Å². The molecular formula is C10H14N2O2. The minimum Gasteiger partial charge on any atom is -0.381 e. The van der Waals surface area contributed by atoms with Crippen molar-refractivity contribution in [2.24, 2.45) is 0 Å². The van der Waals surface area contributed by atoms with Gasteiger partial charge in [-0.2, -0.15) is 5.10 Å². The lowest BCUT2D eigenvalue weighted by Crippen LogP contribution is -2.22. The number of carbonyl (C=O) groups is 1. The third kappa shape index (κ3) is 1.70. The van der Waals surface area contributed by atoms with Crippen molar-refractivity contribution in [3.05, 3.63) is 18.0 Å². The maximum atomic E-state index is 11.3. The van der Waals surface area contributed by atoms with Crippen LogP contribution in [0.5, 0.6) is 0 Å². The smallest absolute Gasteiger partial charge is 0.177 e. The molecule has 0 aromatic carbocycles. The van der Waals surface area contributed by atoms with Gasteiger partial charge in [0.25, 0.3) is 0 Å². The van der Waals surface area contributed by atoms with Gasteiger partial charge in [0.15, 0.2) is 5.78 Å². The molecular weight excluding hydrogens is 180 g/mol.